The Morgan fingerprint density at radius 3 is 2.35 bits per heavy atom. The Morgan fingerprint density at radius 1 is 1.24 bits per heavy atom. The van der Waals surface area contributed by atoms with Crippen LogP contribution < -0.4 is 5.32 Å². The van der Waals surface area contributed by atoms with Gasteiger partial charge in [0, 0.05) is 21.1 Å². The molecular weight excluding hydrogens is 242 g/mol. The third-order valence-corrected chi connectivity index (χ3v) is 2.86. The van der Waals surface area contributed by atoms with Crippen molar-refractivity contribution in [1.82, 2.24) is 15.1 Å². The van der Waals surface area contributed by atoms with Crippen LogP contribution in [0.15, 0.2) is 0 Å². The van der Waals surface area contributed by atoms with Gasteiger partial charge in [0.25, 0.3) is 0 Å². The van der Waals surface area contributed by atoms with Crippen LogP contribution in [0.4, 0.5) is 0 Å². The Morgan fingerprint density at radius 2 is 1.88 bits per heavy atom. The fourth-order valence-electron chi connectivity index (χ4n) is 1.75. The molecule has 1 fully saturated rings. The highest BCUT2D eigenvalue weighted by atomic mass is 35.5. The minimum atomic E-state index is -0.103. The molecule has 0 bridgehead atoms. The van der Waals surface area contributed by atoms with Crippen molar-refractivity contribution in [3.05, 3.63) is 0 Å². The van der Waals surface area contributed by atoms with E-state index >= 15 is 0 Å². The lowest BCUT2D eigenvalue weighted by molar-refractivity contribution is -0.139. The number of hydrogen-bond donors (Lipinski definition) is 1. The third-order valence-electron chi connectivity index (χ3n) is 2.86. The zero-order chi connectivity index (χ0) is 12.1. The van der Waals surface area contributed by atoms with E-state index in [0.717, 1.165) is 25.8 Å². The van der Waals surface area contributed by atoms with Gasteiger partial charge in [-0.25, -0.2) is 0 Å². The molecule has 1 atom stereocenters. The first-order chi connectivity index (χ1) is 7.52. The smallest absolute Gasteiger partial charge is 0.241 e. The van der Waals surface area contributed by atoms with Crippen LogP contribution in [-0.4, -0.2) is 61.9 Å². The van der Waals surface area contributed by atoms with Gasteiger partial charge in [-0.3, -0.25) is 9.59 Å². The van der Waals surface area contributed by atoms with E-state index in [1.165, 1.54) is 9.80 Å². The van der Waals surface area contributed by atoms with Gasteiger partial charge in [0.2, 0.25) is 11.8 Å². The summed E-state index contributed by atoms with van der Waals surface area (Å²) in [6.07, 6.45) is 3.09. The summed E-state index contributed by atoms with van der Waals surface area (Å²) in [4.78, 5) is 26.4. The first kappa shape index (κ1) is 16.2. The lowest BCUT2D eigenvalue weighted by atomic mass is 10.0. The van der Waals surface area contributed by atoms with Crippen molar-refractivity contribution < 1.29 is 9.59 Å². The van der Waals surface area contributed by atoms with Crippen LogP contribution in [0.1, 0.15) is 19.3 Å². The normalized spacial score (nSPS) is 19.1. The molecule has 0 saturated carbocycles. The van der Waals surface area contributed by atoms with E-state index in [-0.39, 0.29) is 36.8 Å². The fourth-order valence-corrected chi connectivity index (χ4v) is 1.75. The van der Waals surface area contributed by atoms with Crippen molar-refractivity contribution in [3.8, 4) is 0 Å². The second kappa shape index (κ2) is 7.50. The van der Waals surface area contributed by atoms with Gasteiger partial charge in [-0.2, -0.15) is 0 Å². The summed E-state index contributed by atoms with van der Waals surface area (Å²) in [5.74, 6) is -0.0263. The SMILES string of the molecule is CN(C)C(=O)CN(C)C(=O)[C@@H]1CCCCN1.Cl. The summed E-state index contributed by atoms with van der Waals surface area (Å²) in [5.41, 5.74) is 0. The molecule has 6 heteroatoms. The molecule has 5 nitrogen and oxygen atoms in total. The summed E-state index contributed by atoms with van der Waals surface area (Å²) < 4.78 is 0. The molecule has 1 saturated heterocycles. The Balaban J connectivity index is 0.00000256. The van der Waals surface area contributed by atoms with Gasteiger partial charge < -0.3 is 15.1 Å². The summed E-state index contributed by atoms with van der Waals surface area (Å²) in [5, 5.41) is 3.19. The van der Waals surface area contributed by atoms with E-state index in [4.69, 9.17) is 0 Å². The summed E-state index contributed by atoms with van der Waals surface area (Å²) in [6, 6.07) is -0.103. The average Bonchev–Trinajstić information content (AvgIpc) is 2.28. The van der Waals surface area contributed by atoms with Crippen LogP contribution in [0.3, 0.4) is 0 Å². The fraction of sp³-hybridized carbons (Fsp3) is 0.818. The van der Waals surface area contributed by atoms with Crippen molar-refractivity contribution in [2.45, 2.75) is 25.3 Å². The number of halogens is 1. The molecule has 1 N–H and O–H groups in total. The van der Waals surface area contributed by atoms with Crippen molar-refractivity contribution in [2.75, 3.05) is 34.2 Å². The van der Waals surface area contributed by atoms with Crippen LogP contribution >= 0.6 is 12.4 Å². The molecule has 1 heterocycles. The molecule has 0 aromatic heterocycles. The predicted molar refractivity (Wildman–Crippen MR) is 69.2 cm³/mol. The van der Waals surface area contributed by atoms with Gasteiger partial charge in [0.05, 0.1) is 12.6 Å². The highest BCUT2D eigenvalue weighted by Gasteiger charge is 2.24. The van der Waals surface area contributed by atoms with E-state index < -0.39 is 0 Å². The second-order valence-electron chi connectivity index (χ2n) is 4.48. The number of nitrogens with zero attached hydrogens (tertiary/aromatic N) is 2. The Hall–Kier alpha value is -0.810. The van der Waals surface area contributed by atoms with Gasteiger partial charge in [-0.05, 0) is 19.4 Å². The third kappa shape index (κ3) is 4.91. The number of piperidine rings is 1. The van der Waals surface area contributed by atoms with E-state index in [9.17, 15) is 9.59 Å². The van der Waals surface area contributed by atoms with Crippen molar-refractivity contribution in [1.29, 1.82) is 0 Å². The van der Waals surface area contributed by atoms with E-state index in [1.54, 1.807) is 21.1 Å². The molecular formula is C11H22ClN3O2. The maximum Gasteiger partial charge on any atom is 0.241 e. The standard InChI is InChI=1S/C11H21N3O2.ClH/c1-13(2)10(15)8-14(3)11(16)9-6-4-5-7-12-9;/h9,12H,4-8H2,1-3H3;1H/t9-;/m0./s1. The van der Waals surface area contributed by atoms with Crippen molar-refractivity contribution >= 4 is 24.2 Å². The summed E-state index contributed by atoms with van der Waals surface area (Å²) >= 11 is 0. The minimum absolute atomic E-state index is 0. The molecule has 1 aliphatic heterocycles. The molecule has 0 aromatic carbocycles. The van der Waals surface area contributed by atoms with Crippen molar-refractivity contribution in [3.63, 3.8) is 0 Å². The van der Waals surface area contributed by atoms with Crippen LogP contribution in [0.2, 0.25) is 0 Å². The lowest BCUT2D eigenvalue weighted by Gasteiger charge is -2.27. The molecule has 1 rings (SSSR count). The number of hydrogen-bond acceptors (Lipinski definition) is 3. The van der Waals surface area contributed by atoms with Crippen molar-refractivity contribution in [2.24, 2.45) is 0 Å². The van der Waals surface area contributed by atoms with Crippen LogP contribution in [-0.2, 0) is 9.59 Å². The number of rotatable bonds is 3. The van der Waals surface area contributed by atoms with Crippen LogP contribution in [0.5, 0.6) is 0 Å². The van der Waals surface area contributed by atoms with Gasteiger partial charge in [0.1, 0.15) is 0 Å². The molecule has 1 aliphatic rings. The zero-order valence-electron chi connectivity index (χ0n) is 10.7. The van der Waals surface area contributed by atoms with Gasteiger partial charge in [-0.1, -0.05) is 6.42 Å². The number of likely N-dealkylation sites (N-methyl/N-ethyl adjacent to an activating group) is 2. The van der Waals surface area contributed by atoms with E-state index in [1.807, 2.05) is 0 Å². The largest absolute Gasteiger partial charge is 0.347 e. The topological polar surface area (TPSA) is 52.7 Å². The molecule has 2 amide bonds. The number of nitrogens with one attached hydrogen (secondary N) is 1. The molecule has 0 spiro atoms. The highest BCUT2D eigenvalue weighted by molar-refractivity contribution is 5.87. The van der Waals surface area contributed by atoms with E-state index in [0.29, 0.717) is 0 Å². The van der Waals surface area contributed by atoms with Gasteiger partial charge >= 0.3 is 0 Å². The molecule has 0 unspecified atom stereocenters. The highest BCUT2D eigenvalue weighted by Crippen LogP contribution is 2.09. The van der Waals surface area contributed by atoms with Crippen LogP contribution in [0, 0.1) is 0 Å². The molecule has 17 heavy (non-hydrogen) atoms. The quantitative estimate of drug-likeness (QED) is 0.786. The monoisotopic (exact) mass is 263 g/mol. The first-order valence-electron chi connectivity index (χ1n) is 5.71. The number of amides is 2. The summed E-state index contributed by atoms with van der Waals surface area (Å²) in [6.45, 7) is 1.05. The maximum atomic E-state index is 11.9. The number of carbonyl (C=O) groups excluding carboxylic acids is 2. The molecule has 0 aliphatic carbocycles. The summed E-state index contributed by atoms with van der Waals surface area (Å²) in [7, 11) is 5.07. The Kier molecular flexibility index (Phi) is 7.15. The number of carbonyl (C=O) groups is 2. The Labute approximate surface area is 109 Å². The van der Waals surface area contributed by atoms with E-state index in [2.05, 4.69) is 5.32 Å². The van der Waals surface area contributed by atoms with Crippen LogP contribution in [0.25, 0.3) is 0 Å². The lowest BCUT2D eigenvalue weighted by Crippen LogP contribution is -2.49. The predicted octanol–water partition coefficient (Wildman–Crippen LogP) is 0.0969. The zero-order valence-corrected chi connectivity index (χ0v) is 11.5. The first-order valence-corrected chi connectivity index (χ1v) is 5.71. The minimum Gasteiger partial charge on any atom is -0.347 e. The second-order valence-corrected chi connectivity index (χ2v) is 4.48. The molecule has 0 radical (unpaired) electrons. The van der Waals surface area contributed by atoms with Gasteiger partial charge in [0.15, 0.2) is 0 Å². The molecule has 0 aromatic rings. The molecule has 100 valence electrons. The maximum absolute atomic E-state index is 11.9. The van der Waals surface area contributed by atoms with Gasteiger partial charge in [-0.15, -0.1) is 12.4 Å². The average molecular weight is 264 g/mol. The Bertz CT molecular complexity index is 265.